The molecule has 2 N–H and O–H groups in total. The molecular formula is C14H19N3O. The molecule has 96 valence electrons. The number of rotatable bonds is 6. The van der Waals surface area contributed by atoms with Crippen LogP contribution in [0.5, 0.6) is 5.75 Å². The molecule has 1 heterocycles. The molecule has 0 radical (unpaired) electrons. The van der Waals surface area contributed by atoms with Gasteiger partial charge in [-0.05, 0) is 24.1 Å². The highest BCUT2D eigenvalue weighted by Gasteiger charge is 1.97. The van der Waals surface area contributed by atoms with Crippen molar-refractivity contribution in [3.63, 3.8) is 0 Å². The van der Waals surface area contributed by atoms with Crippen molar-refractivity contribution in [2.75, 3.05) is 12.3 Å². The van der Waals surface area contributed by atoms with E-state index in [0.29, 0.717) is 12.3 Å². The van der Waals surface area contributed by atoms with E-state index in [1.807, 2.05) is 23.0 Å². The first-order valence-electron chi connectivity index (χ1n) is 6.27. The third kappa shape index (κ3) is 3.52. The molecule has 2 rings (SSSR count). The van der Waals surface area contributed by atoms with Gasteiger partial charge in [0.05, 0.1) is 18.5 Å². The van der Waals surface area contributed by atoms with E-state index < -0.39 is 0 Å². The zero-order valence-corrected chi connectivity index (χ0v) is 10.7. The molecule has 0 spiro atoms. The molecule has 2 aromatic rings. The minimum absolute atomic E-state index is 0.686. The predicted molar refractivity (Wildman–Crippen MR) is 72.6 cm³/mol. The maximum absolute atomic E-state index is 5.66. The number of anilines is 1. The Morgan fingerprint density at radius 2 is 2.06 bits per heavy atom. The van der Waals surface area contributed by atoms with Crippen LogP contribution in [0.1, 0.15) is 18.9 Å². The molecule has 0 fully saturated rings. The van der Waals surface area contributed by atoms with Crippen molar-refractivity contribution in [3.8, 4) is 5.75 Å². The smallest absolute Gasteiger partial charge is 0.119 e. The SMILES string of the molecule is CCc1ccc(OCCCn2cc(N)cn2)cc1. The Bertz CT molecular complexity index is 476. The summed E-state index contributed by atoms with van der Waals surface area (Å²) in [5, 5.41) is 4.12. The average Bonchev–Trinajstić information content (AvgIpc) is 2.81. The second-order valence-electron chi connectivity index (χ2n) is 4.24. The lowest BCUT2D eigenvalue weighted by molar-refractivity contribution is 0.298. The van der Waals surface area contributed by atoms with Gasteiger partial charge in [0.15, 0.2) is 0 Å². The van der Waals surface area contributed by atoms with E-state index in [2.05, 4.69) is 24.2 Å². The van der Waals surface area contributed by atoms with E-state index in [4.69, 9.17) is 10.5 Å². The summed E-state index contributed by atoms with van der Waals surface area (Å²) >= 11 is 0. The molecule has 0 aliphatic carbocycles. The van der Waals surface area contributed by atoms with Crippen molar-refractivity contribution >= 4 is 5.69 Å². The molecule has 0 bridgehead atoms. The molecule has 4 nitrogen and oxygen atoms in total. The Hall–Kier alpha value is -1.97. The number of hydrogen-bond acceptors (Lipinski definition) is 3. The summed E-state index contributed by atoms with van der Waals surface area (Å²) in [5.74, 6) is 0.923. The fraction of sp³-hybridized carbons (Fsp3) is 0.357. The third-order valence-electron chi connectivity index (χ3n) is 2.79. The van der Waals surface area contributed by atoms with Crippen LogP contribution < -0.4 is 10.5 Å². The van der Waals surface area contributed by atoms with Crippen molar-refractivity contribution in [1.29, 1.82) is 0 Å². The Balaban J connectivity index is 1.71. The standard InChI is InChI=1S/C14H19N3O/c1-2-12-4-6-14(7-5-12)18-9-3-8-17-11-13(15)10-16-17/h4-7,10-11H,2-3,8-9,15H2,1H3. The number of nitrogens with two attached hydrogens (primary N) is 1. The van der Waals surface area contributed by atoms with E-state index in [9.17, 15) is 0 Å². The van der Waals surface area contributed by atoms with Gasteiger partial charge in [-0.3, -0.25) is 4.68 Å². The van der Waals surface area contributed by atoms with Crippen LogP contribution in [0, 0.1) is 0 Å². The van der Waals surface area contributed by atoms with Gasteiger partial charge in [-0.25, -0.2) is 0 Å². The summed E-state index contributed by atoms with van der Waals surface area (Å²) in [6, 6.07) is 8.24. The highest BCUT2D eigenvalue weighted by molar-refractivity contribution is 5.30. The van der Waals surface area contributed by atoms with Gasteiger partial charge in [0.25, 0.3) is 0 Å². The lowest BCUT2D eigenvalue weighted by Crippen LogP contribution is -2.04. The molecule has 0 unspecified atom stereocenters. The summed E-state index contributed by atoms with van der Waals surface area (Å²) in [6.07, 6.45) is 5.46. The molecule has 4 heteroatoms. The van der Waals surface area contributed by atoms with Crippen LogP contribution in [-0.2, 0) is 13.0 Å². The fourth-order valence-electron chi connectivity index (χ4n) is 1.74. The second kappa shape index (κ2) is 6.10. The quantitative estimate of drug-likeness (QED) is 0.795. The van der Waals surface area contributed by atoms with Crippen LogP contribution in [-0.4, -0.2) is 16.4 Å². The largest absolute Gasteiger partial charge is 0.494 e. The van der Waals surface area contributed by atoms with Crippen LogP contribution in [0.2, 0.25) is 0 Å². The molecule has 1 aromatic heterocycles. The first kappa shape index (κ1) is 12.5. The van der Waals surface area contributed by atoms with Gasteiger partial charge in [0.2, 0.25) is 0 Å². The molecule has 1 aromatic carbocycles. The minimum atomic E-state index is 0.686. The molecule has 0 atom stereocenters. The number of nitrogen functional groups attached to an aromatic ring is 1. The number of nitrogens with zero attached hydrogens (tertiary/aromatic N) is 2. The van der Waals surface area contributed by atoms with Gasteiger partial charge >= 0.3 is 0 Å². The maximum atomic E-state index is 5.66. The monoisotopic (exact) mass is 245 g/mol. The summed E-state index contributed by atoms with van der Waals surface area (Å²) < 4.78 is 7.49. The van der Waals surface area contributed by atoms with Crippen molar-refractivity contribution in [1.82, 2.24) is 9.78 Å². The molecular weight excluding hydrogens is 226 g/mol. The Morgan fingerprint density at radius 3 is 2.67 bits per heavy atom. The Labute approximate surface area is 107 Å². The lowest BCUT2D eigenvalue weighted by Gasteiger charge is -2.06. The van der Waals surface area contributed by atoms with E-state index in [-0.39, 0.29) is 0 Å². The van der Waals surface area contributed by atoms with Crippen LogP contribution in [0.4, 0.5) is 5.69 Å². The second-order valence-corrected chi connectivity index (χ2v) is 4.24. The van der Waals surface area contributed by atoms with Crippen LogP contribution in [0.25, 0.3) is 0 Å². The molecule has 0 aliphatic rings. The van der Waals surface area contributed by atoms with Gasteiger partial charge in [-0.1, -0.05) is 19.1 Å². The Kier molecular flexibility index (Phi) is 4.23. The fourth-order valence-corrected chi connectivity index (χ4v) is 1.74. The average molecular weight is 245 g/mol. The topological polar surface area (TPSA) is 53.1 Å². The Morgan fingerprint density at radius 1 is 1.28 bits per heavy atom. The maximum Gasteiger partial charge on any atom is 0.119 e. The molecule has 0 saturated carbocycles. The normalized spacial score (nSPS) is 10.5. The predicted octanol–water partition coefficient (Wildman–Crippen LogP) is 2.50. The van der Waals surface area contributed by atoms with E-state index >= 15 is 0 Å². The van der Waals surface area contributed by atoms with Crippen molar-refractivity contribution in [3.05, 3.63) is 42.2 Å². The molecule has 0 saturated heterocycles. The van der Waals surface area contributed by atoms with Gasteiger partial charge in [0, 0.05) is 19.2 Å². The van der Waals surface area contributed by atoms with Gasteiger partial charge in [-0.15, -0.1) is 0 Å². The molecule has 0 aliphatic heterocycles. The number of hydrogen-bond donors (Lipinski definition) is 1. The summed E-state index contributed by atoms with van der Waals surface area (Å²) in [6.45, 7) is 3.65. The molecule has 0 amide bonds. The van der Waals surface area contributed by atoms with Crippen molar-refractivity contribution in [2.24, 2.45) is 0 Å². The summed E-state index contributed by atoms with van der Waals surface area (Å²) in [5.41, 5.74) is 7.61. The first-order chi connectivity index (χ1) is 8.78. The van der Waals surface area contributed by atoms with E-state index in [1.54, 1.807) is 6.20 Å². The highest BCUT2D eigenvalue weighted by Crippen LogP contribution is 2.12. The third-order valence-corrected chi connectivity index (χ3v) is 2.79. The van der Waals surface area contributed by atoms with Gasteiger partial charge < -0.3 is 10.5 Å². The minimum Gasteiger partial charge on any atom is -0.494 e. The highest BCUT2D eigenvalue weighted by atomic mass is 16.5. The van der Waals surface area contributed by atoms with Crippen molar-refractivity contribution in [2.45, 2.75) is 26.3 Å². The van der Waals surface area contributed by atoms with Crippen LogP contribution >= 0.6 is 0 Å². The molecule has 18 heavy (non-hydrogen) atoms. The summed E-state index contributed by atoms with van der Waals surface area (Å²) in [4.78, 5) is 0. The number of ether oxygens (including phenoxy) is 1. The lowest BCUT2D eigenvalue weighted by atomic mass is 10.2. The van der Waals surface area contributed by atoms with E-state index in [1.165, 1.54) is 5.56 Å². The van der Waals surface area contributed by atoms with Crippen LogP contribution in [0.3, 0.4) is 0 Å². The first-order valence-corrected chi connectivity index (χ1v) is 6.27. The zero-order chi connectivity index (χ0) is 12.8. The number of aromatic nitrogens is 2. The van der Waals surface area contributed by atoms with Gasteiger partial charge in [0.1, 0.15) is 5.75 Å². The van der Waals surface area contributed by atoms with E-state index in [0.717, 1.165) is 25.1 Å². The van der Waals surface area contributed by atoms with Gasteiger partial charge in [-0.2, -0.15) is 5.10 Å². The summed E-state index contributed by atoms with van der Waals surface area (Å²) in [7, 11) is 0. The zero-order valence-electron chi connectivity index (χ0n) is 10.7. The number of benzene rings is 1. The number of aryl methyl sites for hydroxylation is 2. The van der Waals surface area contributed by atoms with Crippen molar-refractivity contribution < 1.29 is 4.74 Å². The van der Waals surface area contributed by atoms with Crippen LogP contribution in [0.15, 0.2) is 36.7 Å².